The zero-order chi connectivity index (χ0) is 20.5. The minimum atomic E-state index is -0.426. The van der Waals surface area contributed by atoms with E-state index in [1.807, 2.05) is 24.3 Å². The summed E-state index contributed by atoms with van der Waals surface area (Å²) in [4.78, 5) is 11.4. The quantitative estimate of drug-likeness (QED) is 0.362. The van der Waals surface area contributed by atoms with Crippen LogP contribution in [0.15, 0.2) is 29.4 Å². The van der Waals surface area contributed by atoms with Crippen LogP contribution in [-0.4, -0.2) is 31.6 Å². The molecule has 3 rings (SSSR count). The van der Waals surface area contributed by atoms with Crippen LogP contribution in [0.2, 0.25) is 0 Å². The molecule has 0 saturated carbocycles. The molecular formula is C21H23NO6. The van der Waals surface area contributed by atoms with Crippen LogP contribution in [0.1, 0.15) is 43.0 Å². The van der Waals surface area contributed by atoms with E-state index in [1.54, 1.807) is 7.11 Å². The average molecular weight is 385 g/mol. The van der Waals surface area contributed by atoms with Crippen molar-refractivity contribution in [3.63, 3.8) is 0 Å². The van der Waals surface area contributed by atoms with Crippen LogP contribution in [0.25, 0.3) is 0 Å². The lowest BCUT2D eigenvalue weighted by Gasteiger charge is -2.36. The van der Waals surface area contributed by atoms with Crippen LogP contribution in [0.5, 0.6) is 23.0 Å². The third-order valence-corrected chi connectivity index (χ3v) is 4.97. The average Bonchev–Trinajstić information content (AvgIpc) is 2.66. The van der Waals surface area contributed by atoms with Crippen molar-refractivity contribution in [2.45, 2.75) is 32.8 Å². The molecule has 0 bridgehead atoms. The van der Waals surface area contributed by atoms with E-state index in [2.05, 4.69) is 19.0 Å². The highest BCUT2D eigenvalue weighted by Gasteiger charge is 2.38. The van der Waals surface area contributed by atoms with Crippen LogP contribution in [-0.2, 0) is 21.6 Å². The molecule has 0 aliphatic carbocycles. The Balaban J connectivity index is 2.26. The van der Waals surface area contributed by atoms with Crippen molar-refractivity contribution in [1.29, 1.82) is 0 Å². The lowest BCUT2D eigenvalue weighted by Crippen LogP contribution is -2.26. The first kappa shape index (κ1) is 19.5. The fraction of sp³-hybridized carbons (Fsp3) is 0.333. The van der Waals surface area contributed by atoms with E-state index in [0.717, 1.165) is 11.1 Å². The lowest BCUT2D eigenvalue weighted by atomic mass is 9.74. The number of ether oxygens (including phenoxy) is 4. The molecule has 0 aromatic heterocycles. The second-order valence-corrected chi connectivity index (χ2v) is 6.93. The van der Waals surface area contributed by atoms with E-state index in [4.69, 9.17) is 24.2 Å². The van der Waals surface area contributed by atoms with Gasteiger partial charge in [0.1, 0.15) is 29.6 Å². The van der Waals surface area contributed by atoms with Crippen LogP contribution < -0.4 is 14.2 Å². The molecule has 28 heavy (non-hydrogen) atoms. The van der Waals surface area contributed by atoms with Crippen LogP contribution in [0.4, 0.5) is 0 Å². The highest BCUT2D eigenvalue weighted by atomic mass is 16.5. The molecule has 148 valence electrons. The van der Waals surface area contributed by atoms with Crippen molar-refractivity contribution in [3.8, 4) is 23.0 Å². The Hall–Kier alpha value is -3.22. The first-order chi connectivity index (χ1) is 13.3. The first-order valence-corrected chi connectivity index (χ1v) is 8.75. The second kappa shape index (κ2) is 7.42. The minimum Gasteiger partial charge on any atom is -0.496 e. The summed E-state index contributed by atoms with van der Waals surface area (Å²) in [6.45, 7) is 5.51. The predicted molar refractivity (Wildman–Crippen MR) is 103 cm³/mol. The van der Waals surface area contributed by atoms with E-state index in [1.165, 1.54) is 20.2 Å². The van der Waals surface area contributed by atoms with Crippen LogP contribution in [0.3, 0.4) is 0 Å². The molecule has 1 N–H and O–H groups in total. The van der Waals surface area contributed by atoms with Gasteiger partial charge >= 0.3 is 5.97 Å². The number of carbonyl (C=O) groups excluding carboxylic acids is 1. The van der Waals surface area contributed by atoms with Gasteiger partial charge in [-0.15, -0.1) is 0 Å². The third-order valence-electron chi connectivity index (χ3n) is 4.97. The Morgan fingerprint density at radius 2 is 1.71 bits per heavy atom. The first-order valence-electron chi connectivity index (χ1n) is 8.75. The van der Waals surface area contributed by atoms with Gasteiger partial charge in [0.2, 0.25) is 0 Å². The molecule has 7 heteroatoms. The number of oxime groups is 1. The van der Waals surface area contributed by atoms with Gasteiger partial charge in [0, 0.05) is 23.5 Å². The molecule has 0 saturated heterocycles. The summed E-state index contributed by atoms with van der Waals surface area (Å²) in [5, 5.41) is 12.3. The van der Waals surface area contributed by atoms with Gasteiger partial charge in [-0.3, -0.25) is 4.79 Å². The number of esters is 1. The van der Waals surface area contributed by atoms with Gasteiger partial charge in [0.25, 0.3) is 0 Å². The molecule has 1 heterocycles. The number of carbonyl (C=O) groups is 1. The minimum absolute atomic E-state index is 0.0144. The lowest BCUT2D eigenvalue weighted by molar-refractivity contribution is -0.142. The van der Waals surface area contributed by atoms with E-state index >= 15 is 0 Å². The summed E-state index contributed by atoms with van der Waals surface area (Å²) in [5.74, 6) is 1.75. The maximum absolute atomic E-state index is 11.4. The highest BCUT2D eigenvalue weighted by molar-refractivity contribution is 5.89. The monoisotopic (exact) mass is 385 g/mol. The van der Waals surface area contributed by atoms with Crippen LogP contribution >= 0.6 is 0 Å². The van der Waals surface area contributed by atoms with Gasteiger partial charge in [0.05, 0.1) is 31.6 Å². The van der Waals surface area contributed by atoms with Crippen LogP contribution in [0, 0.1) is 0 Å². The summed E-state index contributed by atoms with van der Waals surface area (Å²) in [6.07, 6.45) is 1.28. The number of methoxy groups -OCH3 is 2. The third kappa shape index (κ3) is 3.13. The van der Waals surface area contributed by atoms with E-state index < -0.39 is 11.4 Å². The standard InChI is InChI=1S/C21H23NO6/c1-12(23)27-11-14-18(26-5)9-7-16-20(14)28-19-13(10-22-24)17(25-4)8-6-15(19)21(16,2)3/h6-10,24H,11H2,1-5H3. The highest BCUT2D eigenvalue weighted by Crippen LogP contribution is 2.53. The zero-order valence-corrected chi connectivity index (χ0v) is 16.5. The van der Waals surface area contributed by atoms with E-state index in [-0.39, 0.29) is 6.61 Å². The molecule has 0 spiro atoms. The molecule has 2 aromatic rings. The number of fused-ring (bicyclic) bond motifs is 2. The van der Waals surface area contributed by atoms with Crippen molar-refractivity contribution < 1.29 is 28.9 Å². The molecule has 1 aliphatic heterocycles. The molecule has 0 fully saturated rings. The molecule has 0 radical (unpaired) electrons. The Morgan fingerprint density at radius 1 is 1.11 bits per heavy atom. The largest absolute Gasteiger partial charge is 0.496 e. The number of benzene rings is 2. The SMILES string of the molecule is COc1ccc2c(c1C=NO)Oc1c(ccc(OC)c1COC(C)=O)C2(C)C. The van der Waals surface area contributed by atoms with Gasteiger partial charge in [-0.2, -0.15) is 0 Å². The second-order valence-electron chi connectivity index (χ2n) is 6.93. The van der Waals surface area contributed by atoms with Crippen molar-refractivity contribution in [2.24, 2.45) is 5.16 Å². The topological polar surface area (TPSA) is 86.6 Å². The summed E-state index contributed by atoms with van der Waals surface area (Å²) >= 11 is 0. The zero-order valence-electron chi connectivity index (χ0n) is 16.5. The van der Waals surface area contributed by atoms with E-state index in [0.29, 0.717) is 34.1 Å². The van der Waals surface area contributed by atoms with Crippen molar-refractivity contribution in [3.05, 3.63) is 46.5 Å². The molecule has 2 aromatic carbocycles. The Labute approximate surface area is 163 Å². The summed E-state index contributed by atoms with van der Waals surface area (Å²) < 4.78 is 22.4. The molecule has 0 unspecified atom stereocenters. The van der Waals surface area contributed by atoms with Gasteiger partial charge in [-0.25, -0.2) is 0 Å². The van der Waals surface area contributed by atoms with E-state index in [9.17, 15) is 4.79 Å². The Bertz CT molecular complexity index is 948. The molecule has 7 nitrogen and oxygen atoms in total. The number of hydrogen-bond donors (Lipinski definition) is 1. The summed E-state index contributed by atoms with van der Waals surface area (Å²) in [7, 11) is 3.08. The summed E-state index contributed by atoms with van der Waals surface area (Å²) in [5.41, 5.74) is 2.57. The maximum Gasteiger partial charge on any atom is 0.302 e. The fourth-order valence-electron chi connectivity index (χ4n) is 3.51. The van der Waals surface area contributed by atoms with Gasteiger partial charge < -0.3 is 24.2 Å². The number of nitrogens with zero attached hydrogens (tertiary/aromatic N) is 1. The number of rotatable bonds is 5. The molecule has 0 atom stereocenters. The predicted octanol–water partition coefficient (Wildman–Crippen LogP) is 4.01. The maximum atomic E-state index is 11.4. The molecular weight excluding hydrogens is 362 g/mol. The Morgan fingerprint density at radius 3 is 2.29 bits per heavy atom. The Kier molecular flexibility index (Phi) is 5.18. The van der Waals surface area contributed by atoms with Gasteiger partial charge in [-0.05, 0) is 12.1 Å². The smallest absolute Gasteiger partial charge is 0.302 e. The van der Waals surface area contributed by atoms with Gasteiger partial charge in [0.15, 0.2) is 0 Å². The summed E-state index contributed by atoms with van der Waals surface area (Å²) in [6, 6.07) is 7.53. The molecule has 1 aliphatic rings. The van der Waals surface area contributed by atoms with Gasteiger partial charge in [-0.1, -0.05) is 31.1 Å². The fourth-order valence-corrected chi connectivity index (χ4v) is 3.51. The normalized spacial score (nSPS) is 14.0. The van der Waals surface area contributed by atoms with Crippen molar-refractivity contribution in [1.82, 2.24) is 0 Å². The molecule has 0 amide bonds. The number of hydrogen-bond acceptors (Lipinski definition) is 7. The van der Waals surface area contributed by atoms with Crippen molar-refractivity contribution >= 4 is 12.2 Å². The van der Waals surface area contributed by atoms with Crippen molar-refractivity contribution in [2.75, 3.05) is 14.2 Å².